The summed E-state index contributed by atoms with van der Waals surface area (Å²) in [5.41, 5.74) is 10.9. The van der Waals surface area contributed by atoms with Crippen LogP contribution in [0, 0.1) is 0 Å². The number of benzene rings is 1. The minimum atomic E-state index is -0.460. The van der Waals surface area contributed by atoms with Crippen LogP contribution in [0.15, 0.2) is 41.1 Å². The Kier molecular flexibility index (Phi) is 4.71. The molecule has 1 amide bonds. The van der Waals surface area contributed by atoms with Crippen molar-refractivity contribution in [3.8, 4) is 0 Å². The lowest BCUT2D eigenvalue weighted by molar-refractivity contribution is -0.139. The lowest BCUT2D eigenvalue weighted by Crippen LogP contribution is -2.25. The third kappa shape index (κ3) is 4.45. The lowest BCUT2D eigenvalue weighted by Gasteiger charge is -2.12. The van der Waals surface area contributed by atoms with Gasteiger partial charge in [-0.05, 0) is 18.1 Å². The SMILES string of the molecule is CC(N)=CC(=O)OCc1ccc(C2=NNC(=O)CC2)cc1. The Morgan fingerprint density at radius 1 is 1.38 bits per heavy atom. The molecule has 21 heavy (non-hydrogen) atoms. The fourth-order valence-corrected chi connectivity index (χ4v) is 1.86. The second-order valence-electron chi connectivity index (χ2n) is 4.79. The van der Waals surface area contributed by atoms with Crippen LogP contribution in [0.25, 0.3) is 0 Å². The molecule has 1 aromatic carbocycles. The summed E-state index contributed by atoms with van der Waals surface area (Å²) in [7, 11) is 0. The number of esters is 1. The Morgan fingerprint density at radius 3 is 2.67 bits per heavy atom. The van der Waals surface area contributed by atoms with E-state index in [0.29, 0.717) is 18.5 Å². The third-order valence-corrected chi connectivity index (χ3v) is 2.92. The normalized spacial score (nSPS) is 15.2. The first-order valence-corrected chi connectivity index (χ1v) is 6.60. The van der Waals surface area contributed by atoms with E-state index in [1.807, 2.05) is 24.3 Å². The van der Waals surface area contributed by atoms with Crippen molar-refractivity contribution in [2.45, 2.75) is 26.4 Å². The van der Waals surface area contributed by atoms with Crippen molar-refractivity contribution in [3.05, 3.63) is 47.2 Å². The number of rotatable bonds is 4. The molecule has 0 saturated carbocycles. The lowest BCUT2D eigenvalue weighted by atomic mass is 10.0. The number of hydrogen-bond acceptors (Lipinski definition) is 5. The van der Waals surface area contributed by atoms with Crippen LogP contribution in [0.1, 0.15) is 30.9 Å². The van der Waals surface area contributed by atoms with Crippen LogP contribution in [0.5, 0.6) is 0 Å². The first-order valence-electron chi connectivity index (χ1n) is 6.60. The highest BCUT2D eigenvalue weighted by Crippen LogP contribution is 2.12. The van der Waals surface area contributed by atoms with E-state index in [2.05, 4.69) is 10.5 Å². The van der Waals surface area contributed by atoms with Crippen molar-refractivity contribution in [3.63, 3.8) is 0 Å². The van der Waals surface area contributed by atoms with Gasteiger partial charge < -0.3 is 10.5 Å². The molecule has 1 aliphatic heterocycles. The summed E-state index contributed by atoms with van der Waals surface area (Å²) >= 11 is 0. The van der Waals surface area contributed by atoms with Gasteiger partial charge in [0, 0.05) is 24.6 Å². The van der Waals surface area contributed by atoms with E-state index >= 15 is 0 Å². The summed E-state index contributed by atoms with van der Waals surface area (Å²) in [6.45, 7) is 1.81. The number of amides is 1. The average Bonchev–Trinajstić information content (AvgIpc) is 2.46. The van der Waals surface area contributed by atoms with Gasteiger partial charge in [0.05, 0.1) is 5.71 Å². The van der Waals surface area contributed by atoms with Gasteiger partial charge in [-0.1, -0.05) is 24.3 Å². The fraction of sp³-hybridized carbons (Fsp3) is 0.267. The Morgan fingerprint density at radius 2 is 2.10 bits per heavy atom. The number of carbonyl (C=O) groups is 2. The zero-order valence-corrected chi connectivity index (χ0v) is 11.8. The Labute approximate surface area is 122 Å². The summed E-state index contributed by atoms with van der Waals surface area (Å²) in [5, 5.41) is 4.03. The summed E-state index contributed by atoms with van der Waals surface area (Å²) in [6, 6.07) is 7.51. The summed E-state index contributed by atoms with van der Waals surface area (Å²) in [5.74, 6) is -0.524. The second kappa shape index (κ2) is 6.69. The van der Waals surface area contributed by atoms with Crippen molar-refractivity contribution in [2.24, 2.45) is 10.8 Å². The maximum absolute atomic E-state index is 11.3. The van der Waals surface area contributed by atoms with Crippen LogP contribution in [-0.4, -0.2) is 17.6 Å². The number of hydrogen-bond donors (Lipinski definition) is 2. The minimum Gasteiger partial charge on any atom is -0.458 e. The van der Waals surface area contributed by atoms with E-state index in [9.17, 15) is 9.59 Å². The highest BCUT2D eigenvalue weighted by molar-refractivity contribution is 6.04. The molecular weight excluding hydrogens is 270 g/mol. The number of ether oxygens (including phenoxy) is 1. The molecule has 0 radical (unpaired) electrons. The Bertz CT molecular complexity index is 599. The van der Waals surface area contributed by atoms with Crippen molar-refractivity contribution in [2.75, 3.05) is 0 Å². The van der Waals surface area contributed by atoms with E-state index < -0.39 is 5.97 Å². The average molecular weight is 287 g/mol. The quantitative estimate of drug-likeness (QED) is 0.643. The van der Waals surface area contributed by atoms with Gasteiger partial charge in [0.25, 0.3) is 0 Å². The summed E-state index contributed by atoms with van der Waals surface area (Å²) in [6.07, 6.45) is 2.32. The highest BCUT2D eigenvalue weighted by atomic mass is 16.5. The number of nitrogens with zero attached hydrogens (tertiary/aromatic N) is 1. The zero-order chi connectivity index (χ0) is 15.2. The molecule has 0 spiro atoms. The number of nitrogens with one attached hydrogen (secondary N) is 1. The van der Waals surface area contributed by atoms with Crippen molar-refractivity contribution in [1.29, 1.82) is 0 Å². The van der Waals surface area contributed by atoms with Crippen molar-refractivity contribution in [1.82, 2.24) is 5.43 Å². The van der Waals surface area contributed by atoms with Gasteiger partial charge in [-0.2, -0.15) is 5.10 Å². The summed E-state index contributed by atoms with van der Waals surface area (Å²) < 4.78 is 5.06. The molecular formula is C15H17N3O3. The van der Waals surface area contributed by atoms with E-state index in [1.165, 1.54) is 6.08 Å². The van der Waals surface area contributed by atoms with Gasteiger partial charge >= 0.3 is 5.97 Å². The van der Waals surface area contributed by atoms with Gasteiger partial charge in [0.2, 0.25) is 5.91 Å². The minimum absolute atomic E-state index is 0.0643. The predicted octanol–water partition coefficient (Wildman–Crippen LogP) is 1.21. The Hall–Kier alpha value is -2.63. The molecule has 0 fully saturated rings. The van der Waals surface area contributed by atoms with Crippen LogP contribution in [-0.2, 0) is 20.9 Å². The van der Waals surface area contributed by atoms with Crippen LogP contribution in [0.2, 0.25) is 0 Å². The van der Waals surface area contributed by atoms with Crippen LogP contribution >= 0.6 is 0 Å². The number of nitrogens with two attached hydrogens (primary N) is 1. The van der Waals surface area contributed by atoms with Crippen molar-refractivity contribution < 1.29 is 14.3 Å². The van der Waals surface area contributed by atoms with Gasteiger partial charge in [0.15, 0.2) is 0 Å². The maximum Gasteiger partial charge on any atom is 0.332 e. The zero-order valence-electron chi connectivity index (χ0n) is 11.8. The number of hydrazone groups is 1. The van der Waals surface area contributed by atoms with E-state index in [4.69, 9.17) is 10.5 Å². The van der Waals surface area contributed by atoms with Crippen molar-refractivity contribution >= 4 is 17.6 Å². The molecule has 3 N–H and O–H groups in total. The smallest absolute Gasteiger partial charge is 0.332 e. The topological polar surface area (TPSA) is 93.8 Å². The molecule has 0 bridgehead atoms. The van der Waals surface area contributed by atoms with Crippen LogP contribution in [0.4, 0.5) is 0 Å². The van der Waals surface area contributed by atoms with Gasteiger partial charge in [-0.25, -0.2) is 10.2 Å². The molecule has 0 saturated heterocycles. The molecule has 6 heteroatoms. The third-order valence-electron chi connectivity index (χ3n) is 2.92. The molecule has 0 aliphatic carbocycles. The Balaban J connectivity index is 1.95. The molecule has 0 aromatic heterocycles. The van der Waals surface area contributed by atoms with E-state index in [0.717, 1.165) is 16.8 Å². The van der Waals surface area contributed by atoms with Gasteiger partial charge in [-0.3, -0.25) is 4.79 Å². The monoisotopic (exact) mass is 287 g/mol. The first kappa shape index (κ1) is 14.8. The predicted molar refractivity (Wildman–Crippen MR) is 78.1 cm³/mol. The molecule has 2 rings (SSSR count). The molecule has 6 nitrogen and oxygen atoms in total. The molecule has 110 valence electrons. The van der Waals surface area contributed by atoms with Gasteiger partial charge in [0.1, 0.15) is 6.61 Å². The molecule has 1 aromatic rings. The molecule has 0 unspecified atom stereocenters. The van der Waals surface area contributed by atoms with E-state index in [-0.39, 0.29) is 12.5 Å². The van der Waals surface area contributed by atoms with Crippen LogP contribution < -0.4 is 11.2 Å². The van der Waals surface area contributed by atoms with Gasteiger partial charge in [-0.15, -0.1) is 0 Å². The number of carbonyl (C=O) groups excluding carboxylic acids is 2. The summed E-state index contributed by atoms with van der Waals surface area (Å²) in [4.78, 5) is 22.4. The van der Waals surface area contributed by atoms with E-state index in [1.54, 1.807) is 6.92 Å². The number of allylic oxidation sites excluding steroid dienone is 1. The highest BCUT2D eigenvalue weighted by Gasteiger charge is 2.13. The van der Waals surface area contributed by atoms with Crippen LogP contribution in [0.3, 0.4) is 0 Å². The largest absolute Gasteiger partial charge is 0.458 e. The molecule has 1 aliphatic rings. The maximum atomic E-state index is 11.3. The molecule has 0 atom stereocenters. The second-order valence-corrected chi connectivity index (χ2v) is 4.79. The standard InChI is InChI=1S/C15H17N3O3/c1-10(16)8-15(20)21-9-11-2-4-12(5-3-11)13-6-7-14(19)18-17-13/h2-5,8H,6-7,9,16H2,1H3,(H,18,19). The molecule has 1 heterocycles. The first-order chi connectivity index (χ1) is 10.0. The fourth-order valence-electron chi connectivity index (χ4n) is 1.86.